The summed E-state index contributed by atoms with van der Waals surface area (Å²) in [5.41, 5.74) is 2.55. The lowest BCUT2D eigenvalue weighted by Crippen LogP contribution is -2.16. The van der Waals surface area contributed by atoms with Gasteiger partial charge in [-0.1, -0.05) is 29.8 Å². The number of hydrogen-bond donors (Lipinski definition) is 0. The summed E-state index contributed by atoms with van der Waals surface area (Å²) in [6.45, 7) is 0.267. The van der Waals surface area contributed by atoms with E-state index in [1.165, 1.54) is 23.2 Å². The van der Waals surface area contributed by atoms with E-state index < -0.39 is 0 Å². The molecule has 0 amide bonds. The van der Waals surface area contributed by atoms with Crippen LogP contribution in [0.3, 0.4) is 0 Å². The quantitative estimate of drug-likeness (QED) is 0.581. The molecule has 2 nitrogen and oxygen atoms in total. The average Bonchev–Trinajstić information content (AvgIpc) is 2.46. The molecule has 0 radical (unpaired) electrons. The molecular formula is C15H17BFO2-. The van der Waals surface area contributed by atoms with Crippen LogP contribution >= 0.6 is 0 Å². The molecule has 19 heavy (non-hydrogen) atoms. The molecule has 0 aromatic heterocycles. The van der Waals surface area contributed by atoms with Gasteiger partial charge in [-0.15, -0.1) is 0 Å². The minimum absolute atomic E-state index is 0.171. The molecular weight excluding hydrogens is 242 g/mol. The third-order valence-electron chi connectivity index (χ3n) is 3.27. The summed E-state index contributed by atoms with van der Waals surface area (Å²) < 4.78 is 23.0. The van der Waals surface area contributed by atoms with Crippen LogP contribution in [0.25, 0.3) is 0 Å². The molecule has 0 spiro atoms. The molecule has 0 bridgehead atoms. The Bertz CT molecular complexity index is 497. The first kappa shape index (κ1) is 13.6. The Kier molecular flexibility index (Phi) is 4.98. The highest BCUT2D eigenvalue weighted by Crippen LogP contribution is 2.12. The smallest absolute Gasteiger partial charge is 0.188 e. The van der Waals surface area contributed by atoms with Gasteiger partial charge < -0.3 is 9.47 Å². The Morgan fingerprint density at radius 2 is 1.68 bits per heavy atom. The summed E-state index contributed by atoms with van der Waals surface area (Å²) in [7, 11) is 1.34. The molecule has 0 unspecified atom stereocenters. The normalized spacial score (nSPS) is 10.4. The van der Waals surface area contributed by atoms with Gasteiger partial charge in [0.2, 0.25) is 0 Å². The van der Waals surface area contributed by atoms with Gasteiger partial charge >= 0.3 is 0 Å². The number of rotatable bonds is 6. The maximum absolute atomic E-state index is 12.8. The van der Waals surface area contributed by atoms with Crippen molar-refractivity contribution < 1.29 is 13.9 Å². The third kappa shape index (κ3) is 4.41. The van der Waals surface area contributed by atoms with Crippen molar-refractivity contribution >= 4 is 12.7 Å². The first-order chi connectivity index (χ1) is 9.28. The molecule has 0 aliphatic heterocycles. The standard InChI is InChI=1S/C15H17BFO2/c1-18-11-19-15-8-2-12(3-9-15)10-16-13-4-6-14(17)7-5-13/h2-9H,10-11,16H2,1H3/q-1. The molecule has 2 aromatic rings. The largest absolute Gasteiger partial charge is 0.468 e. The van der Waals surface area contributed by atoms with Crippen LogP contribution in [0.5, 0.6) is 5.75 Å². The van der Waals surface area contributed by atoms with Crippen LogP contribution in [-0.4, -0.2) is 21.2 Å². The van der Waals surface area contributed by atoms with Crippen molar-refractivity contribution in [3.63, 3.8) is 0 Å². The summed E-state index contributed by atoms with van der Waals surface area (Å²) in [6, 6.07) is 14.9. The summed E-state index contributed by atoms with van der Waals surface area (Å²) in [4.78, 5) is 0. The van der Waals surface area contributed by atoms with E-state index in [0.29, 0.717) is 0 Å². The average molecular weight is 259 g/mol. The molecule has 0 saturated carbocycles. The molecule has 2 rings (SSSR count). The van der Waals surface area contributed by atoms with Crippen molar-refractivity contribution in [1.29, 1.82) is 0 Å². The predicted molar refractivity (Wildman–Crippen MR) is 77.2 cm³/mol. The minimum atomic E-state index is -0.257. The molecule has 0 atom stereocenters. The van der Waals surface area contributed by atoms with Gasteiger partial charge in [0, 0.05) is 14.4 Å². The van der Waals surface area contributed by atoms with E-state index >= 15 is 0 Å². The lowest BCUT2D eigenvalue weighted by atomic mass is 9.65. The first-order valence-electron chi connectivity index (χ1n) is 6.58. The maximum Gasteiger partial charge on any atom is 0.188 e. The van der Waals surface area contributed by atoms with Crippen LogP contribution < -0.4 is 10.2 Å². The number of hydrogen-bond acceptors (Lipinski definition) is 2. The van der Waals surface area contributed by atoms with Gasteiger partial charge in [-0.2, -0.15) is 6.32 Å². The zero-order valence-corrected chi connectivity index (χ0v) is 11.2. The van der Waals surface area contributed by atoms with E-state index in [9.17, 15) is 4.39 Å². The monoisotopic (exact) mass is 259 g/mol. The van der Waals surface area contributed by atoms with Crippen LogP contribution in [0.1, 0.15) is 5.56 Å². The molecule has 2 aromatic carbocycles. The van der Waals surface area contributed by atoms with E-state index in [1.807, 2.05) is 24.3 Å². The number of halogens is 1. The highest BCUT2D eigenvalue weighted by Gasteiger charge is 1.95. The molecule has 0 aliphatic rings. The highest BCUT2D eigenvalue weighted by atomic mass is 19.1. The summed E-state index contributed by atoms with van der Waals surface area (Å²) in [5.74, 6) is 0.641. The molecule has 0 fully saturated rings. The number of benzene rings is 2. The van der Waals surface area contributed by atoms with Crippen molar-refractivity contribution in [2.75, 3.05) is 13.9 Å². The van der Waals surface area contributed by atoms with Crippen molar-refractivity contribution in [3.8, 4) is 5.75 Å². The van der Waals surface area contributed by atoms with Crippen molar-refractivity contribution in [2.45, 2.75) is 6.32 Å². The fourth-order valence-electron chi connectivity index (χ4n) is 2.13. The highest BCUT2D eigenvalue weighted by molar-refractivity contribution is 6.52. The zero-order valence-electron chi connectivity index (χ0n) is 11.2. The Balaban J connectivity index is 1.87. The second kappa shape index (κ2) is 6.95. The van der Waals surface area contributed by atoms with Gasteiger partial charge in [0.15, 0.2) is 6.79 Å². The SMILES string of the molecule is COCOc1ccc(C[BH2-]c2ccc(F)cc2)cc1. The lowest BCUT2D eigenvalue weighted by molar-refractivity contribution is 0.0511. The van der Waals surface area contributed by atoms with Gasteiger partial charge in [0.25, 0.3) is 0 Å². The van der Waals surface area contributed by atoms with Gasteiger partial charge in [-0.25, -0.2) is 9.85 Å². The van der Waals surface area contributed by atoms with Crippen LogP contribution in [-0.2, 0) is 11.1 Å². The maximum atomic E-state index is 12.8. The molecule has 0 heterocycles. The van der Waals surface area contributed by atoms with Crippen molar-refractivity contribution in [2.24, 2.45) is 0 Å². The summed E-state index contributed by atoms with van der Waals surface area (Å²) in [5, 5.41) is 0. The number of ether oxygens (including phenoxy) is 2. The fourth-order valence-corrected chi connectivity index (χ4v) is 2.13. The van der Waals surface area contributed by atoms with Crippen LogP contribution in [0, 0.1) is 5.82 Å². The second-order valence-electron chi connectivity index (χ2n) is 4.70. The van der Waals surface area contributed by atoms with Gasteiger partial charge in [-0.3, -0.25) is 0 Å². The summed E-state index contributed by atoms with van der Waals surface area (Å²) >= 11 is 0. The van der Waals surface area contributed by atoms with Crippen LogP contribution in [0.15, 0.2) is 48.5 Å². The Morgan fingerprint density at radius 1 is 1.00 bits per heavy atom. The van der Waals surface area contributed by atoms with E-state index in [-0.39, 0.29) is 19.9 Å². The Hall–Kier alpha value is -1.81. The topological polar surface area (TPSA) is 18.5 Å². The van der Waals surface area contributed by atoms with E-state index in [2.05, 4.69) is 12.1 Å². The van der Waals surface area contributed by atoms with Crippen molar-refractivity contribution in [1.82, 2.24) is 0 Å². The fraction of sp³-hybridized carbons (Fsp3) is 0.200. The molecule has 0 N–H and O–H groups in total. The van der Waals surface area contributed by atoms with E-state index in [0.717, 1.165) is 12.1 Å². The van der Waals surface area contributed by atoms with E-state index in [1.54, 1.807) is 7.11 Å². The Morgan fingerprint density at radius 3 is 2.32 bits per heavy atom. The van der Waals surface area contributed by atoms with Crippen molar-refractivity contribution in [3.05, 3.63) is 59.9 Å². The van der Waals surface area contributed by atoms with Gasteiger partial charge in [0.1, 0.15) is 11.6 Å². The van der Waals surface area contributed by atoms with Gasteiger partial charge in [-0.05, 0) is 24.3 Å². The minimum Gasteiger partial charge on any atom is -0.468 e. The molecule has 0 saturated heterocycles. The van der Waals surface area contributed by atoms with E-state index in [4.69, 9.17) is 9.47 Å². The zero-order chi connectivity index (χ0) is 13.5. The predicted octanol–water partition coefficient (Wildman–Crippen LogP) is 1.80. The van der Waals surface area contributed by atoms with Crippen LogP contribution in [0.4, 0.5) is 4.39 Å². The van der Waals surface area contributed by atoms with Crippen LogP contribution in [0.2, 0.25) is 0 Å². The Labute approximate surface area is 113 Å². The molecule has 0 aliphatic carbocycles. The summed E-state index contributed by atoms with van der Waals surface area (Å²) in [6.07, 6.45) is 1.05. The first-order valence-corrected chi connectivity index (χ1v) is 6.58. The second-order valence-corrected chi connectivity index (χ2v) is 4.70. The molecule has 100 valence electrons. The van der Waals surface area contributed by atoms with Gasteiger partial charge in [0.05, 0.1) is 0 Å². The third-order valence-corrected chi connectivity index (χ3v) is 3.27. The lowest BCUT2D eigenvalue weighted by Gasteiger charge is -2.09. The number of methoxy groups -OCH3 is 1. The molecule has 4 heteroatoms.